The van der Waals surface area contributed by atoms with E-state index < -0.39 is 0 Å². The Kier molecular flexibility index (Phi) is 2.36. The van der Waals surface area contributed by atoms with Crippen LogP contribution in [-0.4, -0.2) is 12.6 Å². The van der Waals surface area contributed by atoms with E-state index in [1.165, 1.54) is 0 Å². The monoisotopic (exact) mass is 150 g/mol. The largest absolute Gasteiger partial charge is 0.303 e. The van der Waals surface area contributed by atoms with Gasteiger partial charge in [0.05, 0.1) is 0 Å². The summed E-state index contributed by atoms with van der Waals surface area (Å²) in [4.78, 5) is 20.5. The Bertz CT molecular complexity index is 190. The van der Waals surface area contributed by atoms with Gasteiger partial charge in [0.2, 0.25) is 0 Å². The minimum atomic E-state index is -0.302. The number of hydrogen-bond donors (Lipinski definition) is 0. The molecule has 0 bridgehead atoms. The Hall–Kier alpha value is -1.18. The molecule has 2 nitrogen and oxygen atoms in total. The Morgan fingerprint density at radius 3 is 1.82 bits per heavy atom. The van der Waals surface area contributed by atoms with Crippen molar-refractivity contribution in [2.24, 2.45) is 5.41 Å². The number of aldehydes is 2. The van der Waals surface area contributed by atoms with Gasteiger partial charge in [-0.05, 0) is 0 Å². The minimum absolute atomic E-state index is 0.302. The molecule has 0 spiro atoms. The zero-order valence-corrected chi connectivity index (χ0v) is 6.19. The first kappa shape index (κ1) is 7.92. The van der Waals surface area contributed by atoms with Gasteiger partial charge in [-0.15, -0.1) is 0 Å². The summed E-state index contributed by atoms with van der Waals surface area (Å²) in [5.74, 6) is 0. The van der Waals surface area contributed by atoms with Crippen molar-refractivity contribution in [3.8, 4) is 0 Å². The van der Waals surface area contributed by atoms with Crippen LogP contribution in [0.25, 0.3) is 0 Å². The molecule has 58 valence electrons. The molecule has 0 aromatic heterocycles. The second kappa shape index (κ2) is 3.28. The third-order valence-corrected chi connectivity index (χ3v) is 1.89. The summed E-state index contributed by atoms with van der Waals surface area (Å²) >= 11 is 0. The van der Waals surface area contributed by atoms with Crippen molar-refractivity contribution in [1.29, 1.82) is 0 Å². The highest BCUT2D eigenvalue weighted by Crippen LogP contribution is 2.31. The molecule has 0 aromatic rings. The highest BCUT2D eigenvalue weighted by Gasteiger charge is 2.24. The topological polar surface area (TPSA) is 34.1 Å². The van der Waals surface area contributed by atoms with E-state index in [2.05, 4.69) is 0 Å². The van der Waals surface area contributed by atoms with Crippen LogP contribution in [0.4, 0.5) is 0 Å². The predicted molar refractivity (Wildman–Crippen MR) is 42.1 cm³/mol. The number of rotatable bonds is 4. The lowest BCUT2D eigenvalue weighted by Crippen LogP contribution is -2.14. The van der Waals surface area contributed by atoms with E-state index in [1.54, 1.807) is 0 Å². The van der Waals surface area contributed by atoms with Gasteiger partial charge < -0.3 is 9.59 Å². The summed E-state index contributed by atoms with van der Waals surface area (Å²) in [7, 11) is 0. The summed E-state index contributed by atoms with van der Waals surface area (Å²) in [5, 5.41) is 0. The van der Waals surface area contributed by atoms with Crippen molar-refractivity contribution < 1.29 is 9.59 Å². The lowest BCUT2D eigenvalue weighted by molar-refractivity contribution is -0.110. The van der Waals surface area contributed by atoms with E-state index in [9.17, 15) is 9.59 Å². The number of allylic oxidation sites excluding steroid dienone is 4. The summed E-state index contributed by atoms with van der Waals surface area (Å²) in [6, 6.07) is 0. The van der Waals surface area contributed by atoms with Crippen LogP contribution >= 0.6 is 0 Å². The Labute approximate surface area is 65.6 Å². The Morgan fingerprint density at radius 2 is 1.45 bits per heavy atom. The number of carbonyl (C=O) groups excluding carboxylic acids is 2. The zero-order chi connectivity index (χ0) is 8.16. The zero-order valence-electron chi connectivity index (χ0n) is 6.19. The molecule has 0 amide bonds. The molecule has 11 heavy (non-hydrogen) atoms. The van der Waals surface area contributed by atoms with E-state index in [4.69, 9.17) is 0 Å². The third-order valence-electron chi connectivity index (χ3n) is 1.89. The van der Waals surface area contributed by atoms with Crippen LogP contribution in [0.15, 0.2) is 24.3 Å². The lowest BCUT2D eigenvalue weighted by atomic mass is 9.84. The molecule has 0 radical (unpaired) electrons. The van der Waals surface area contributed by atoms with Crippen LogP contribution in [0.2, 0.25) is 0 Å². The fourth-order valence-electron chi connectivity index (χ4n) is 1.22. The normalized spacial score (nSPS) is 18.5. The summed E-state index contributed by atoms with van der Waals surface area (Å²) < 4.78 is 0. The molecule has 0 aliphatic heterocycles. The standard InChI is InChI=1S/C9H10O2/c10-7-5-9(6-8-11)3-1-2-4-9/h1-4,7-8H,5-6H2. The maximum Gasteiger partial charge on any atom is 0.121 e. The van der Waals surface area contributed by atoms with E-state index >= 15 is 0 Å². The molecule has 1 rings (SSSR count). The van der Waals surface area contributed by atoms with Crippen LogP contribution in [0.1, 0.15) is 12.8 Å². The molecule has 0 saturated carbocycles. The number of carbonyl (C=O) groups is 2. The quantitative estimate of drug-likeness (QED) is 0.565. The lowest BCUT2D eigenvalue weighted by Gasteiger charge is -2.18. The molecule has 0 saturated heterocycles. The summed E-state index contributed by atoms with van der Waals surface area (Å²) in [6.07, 6.45) is 10.0. The van der Waals surface area contributed by atoms with Gasteiger partial charge in [0.15, 0.2) is 0 Å². The fraction of sp³-hybridized carbons (Fsp3) is 0.333. The van der Waals surface area contributed by atoms with E-state index in [-0.39, 0.29) is 5.41 Å². The van der Waals surface area contributed by atoms with Crippen LogP contribution in [0, 0.1) is 5.41 Å². The van der Waals surface area contributed by atoms with Crippen molar-refractivity contribution in [3.63, 3.8) is 0 Å². The Balaban J connectivity index is 2.70. The maximum atomic E-state index is 10.3. The first-order valence-corrected chi connectivity index (χ1v) is 3.57. The first-order valence-electron chi connectivity index (χ1n) is 3.57. The van der Waals surface area contributed by atoms with Gasteiger partial charge in [0.1, 0.15) is 12.6 Å². The third kappa shape index (κ3) is 1.64. The van der Waals surface area contributed by atoms with Crippen molar-refractivity contribution in [3.05, 3.63) is 24.3 Å². The van der Waals surface area contributed by atoms with Crippen molar-refractivity contribution in [1.82, 2.24) is 0 Å². The molecule has 0 fully saturated rings. The van der Waals surface area contributed by atoms with Gasteiger partial charge in [-0.2, -0.15) is 0 Å². The molecule has 0 heterocycles. The first-order chi connectivity index (χ1) is 5.33. The second-order valence-electron chi connectivity index (χ2n) is 2.69. The SMILES string of the molecule is O=CCC1(CC=O)C=CC=C1. The molecule has 1 aliphatic rings. The molecular formula is C9H10O2. The second-order valence-corrected chi connectivity index (χ2v) is 2.69. The molecule has 0 atom stereocenters. The van der Waals surface area contributed by atoms with E-state index in [0.717, 1.165) is 12.6 Å². The van der Waals surface area contributed by atoms with Gasteiger partial charge >= 0.3 is 0 Å². The van der Waals surface area contributed by atoms with Crippen LogP contribution in [-0.2, 0) is 9.59 Å². The smallest absolute Gasteiger partial charge is 0.121 e. The van der Waals surface area contributed by atoms with Gasteiger partial charge in [0.25, 0.3) is 0 Å². The summed E-state index contributed by atoms with van der Waals surface area (Å²) in [6.45, 7) is 0. The van der Waals surface area contributed by atoms with Gasteiger partial charge in [-0.1, -0.05) is 24.3 Å². The van der Waals surface area contributed by atoms with E-state index in [0.29, 0.717) is 12.8 Å². The summed E-state index contributed by atoms with van der Waals surface area (Å²) in [5.41, 5.74) is -0.302. The molecule has 0 aromatic carbocycles. The predicted octanol–water partition coefficient (Wildman–Crippen LogP) is 1.28. The maximum absolute atomic E-state index is 10.3. The van der Waals surface area contributed by atoms with Gasteiger partial charge in [-0.3, -0.25) is 0 Å². The van der Waals surface area contributed by atoms with Crippen LogP contribution in [0.3, 0.4) is 0 Å². The van der Waals surface area contributed by atoms with Crippen LogP contribution < -0.4 is 0 Å². The average Bonchev–Trinajstić information content (AvgIpc) is 2.39. The molecule has 0 N–H and O–H groups in total. The average molecular weight is 150 g/mol. The Morgan fingerprint density at radius 1 is 1.00 bits per heavy atom. The van der Waals surface area contributed by atoms with Gasteiger partial charge in [-0.25, -0.2) is 0 Å². The molecule has 0 unspecified atom stereocenters. The van der Waals surface area contributed by atoms with Crippen LogP contribution in [0.5, 0.6) is 0 Å². The fourth-order valence-corrected chi connectivity index (χ4v) is 1.22. The molecular weight excluding hydrogens is 140 g/mol. The minimum Gasteiger partial charge on any atom is -0.303 e. The highest BCUT2D eigenvalue weighted by atomic mass is 16.1. The van der Waals surface area contributed by atoms with E-state index in [1.807, 2.05) is 24.3 Å². The van der Waals surface area contributed by atoms with Crippen molar-refractivity contribution in [2.75, 3.05) is 0 Å². The highest BCUT2D eigenvalue weighted by molar-refractivity contribution is 5.59. The molecule has 1 aliphatic carbocycles. The molecule has 2 heteroatoms. The van der Waals surface area contributed by atoms with Crippen molar-refractivity contribution >= 4 is 12.6 Å². The van der Waals surface area contributed by atoms with Gasteiger partial charge in [0, 0.05) is 18.3 Å². The van der Waals surface area contributed by atoms with Crippen molar-refractivity contribution in [2.45, 2.75) is 12.8 Å². The number of hydrogen-bond acceptors (Lipinski definition) is 2.